The standard InChI is InChI=1S/C56H73FN14O6S/c1-36-29-70(32-50(72)71-34-56(7,8)51-47(71)22-40(25-59-51)21-39-9-11-41(57)12-10-39)42(26-58-36)30-68-18-19-75-44(31-68)33-77-43-27-60-54(61-28-43)69-15-13-67(14-16-69)17-20-76-48-24-46-45(23-49(48)78(73,74)55(4,5)6)53(63-35-62-46)64-52-37(2)38(3)65-66-52/h9-12,22-25,27-28,35-36,42,44,58H,13-21,26,29-34H2,1-8H3,(H2,62,63,64,65,66)/t36-,42-,44-/m1/s1. The highest BCUT2D eigenvalue weighted by molar-refractivity contribution is 7.92. The summed E-state index contributed by atoms with van der Waals surface area (Å²) >= 11 is 0. The monoisotopic (exact) mass is 1090 g/mol. The predicted octanol–water partition coefficient (Wildman–Crippen LogP) is 5.47. The zero-order valence-electron chi connectivity index (χ0n) is 46.1. The zero-order chi connectivity index (χ0) is 54.9. The van der Waals surface area contributed by atoms with Crippen LogP contribution in [0.4, 0.5) is 27.7 Å². The van der Waals surface area contributed by atoms with Crippen molar-refractivity contribution in [2.24, 2.45) is 0 Å². The number of fused-ring (bicyclic) bond motifs is 2. The summed E-state index contributed by atoms with van der Waals surface area (Å²) in [6.45, 7) is 24.7. The van der Waals surface area contributed by atoms with Crippen molar-refractivity contribution in [2.75, 3.05) is 113 Å². The molecule has 0 unspecified atom stereocenters. The van der Waals surface area contributed by atoms with E-state index in [1.807, 2.05) is 24.9 Å². The number of hydrogen-bond donors (Lipinski definition) is 3. The van der Waals surface area contributed by atoms with Crippen LogP contribution >= 0.6 is 0 Å². The number of piperazine rings is 2. The van der Waals surface area contributed by atoms with Gasteiger partial charge in [0.25, 0.3) is 0 Å². The number of morpholine rings is 1. The Morgan fingerprint density at radius 3 is 2.41 bits per heavy atom. The van der Waals surface area contributed by atoms with E-state index in [1.54, 1.807) is 57.4 Å². The summed E-state index contributed by atoms with van der Waals surface area (Å²) < 4.78 is 59.2. The van der Waals surface area contributed by atoms with E-state index in [0.717, 1.165) is 73.0 Å². The van der Waals surface area contributed by atoms with Gasteiger partial charge >= 0.3 is 0 Å². The molecule has 0 saturated carbocycles. The second-order valence-electron chi connectivity index (χ2n) is 22.8. The van der Waals surface area contributed by atoms with Crippen LogP contribution in [0.15, 0.2) is 72.3 Å². The lowest BCUT2D eigenvalue weighted by atomic mass is 9.91. The number of aryl methyl sites for hydroxylation is 1. The lowest BCUT2D eigenvalue weighted by molar-refractivity contribution is -0.121. The number of amides is 1. The number of anilines is 4. The molecule has 3 fully saturated rings. The van der Waals surface area contributed by atoms with Crippen LogP contribution in [0.1, 0.15) is 69.6 Å². The molecule has 8 heterocycles. The van der Waals surface area contributed by atoms with E-state index in [2.05, 4.69) is 87.2 Å². The van der Waals surface area contributed by atoms with Gasteiger partial charge in [-0.3, -0.25) is 29.6 Å². The smallest absolute Gasteiger partial charge is 0.241 e. The number of hydrogen-bond acceptors (Lipinski definition) is 18. The largest absolute Gasteiger partial charge is 0.491 e. The van der Waals surface area contributed by atoms with Gasteiger partial charge in [-0.15, -0.1) is 0 Å². The second kappa shape index (κ2) is 22.7. The molecule has 3 saturated heterocycles. The fourth-order valence-electron chi connectivity index (χ4n) is 10.7. The highest BCUT2D eigenvalue weighted by Gasteiger charge is 2.41. The van der Waals surface area contributed by atoms with Crippen molar-refractivity contribution in [3.63, 3.8) is 0 Å². The summed E-state index contributed by atoms with van der Waals surface area (Å²) in [5.74, 6) is 2.29. The zero-order valence-corrected chi connectivity index (χ0v) is 46.9. The van der Waals surface area contributed by atoms with Crippen molar-refractivity contribution >= 4 is 49.9 Å². The summed E-state index contributed by atoms with van der Waals surface area (Å²) in [7, 11) is -3.83. The maximum absolute atomic E-state index is 14.3. The molecule has 4 aliphatic rings. The van der Waals surface area contributed by atoms with Crippen molar-refractivity contribution < 1.29 is 31.8 Å². The molecule has 22 heteroatoms. The van der Waals surface area contributed by atoms with Gasteiger partial charge in [-0.05, 0) is 83.4 Å². The van der Waals surface area contributed by atoms with E-state index >= 15 is 0 Å². The number of rotatable bonds is 17. The van der Waals surface area contributed by atoms with E-state index < -0.39 is 14.6 Å². The van der Waals surface area contributed by atoms with Crippen molar-refractivity contribution in [1.29, 1.82) is 0 Å². The Bertz CT molecular complexity index is 3200. The second-order valence-corrected chi connectivity index (χ2v) is 25.5. The van der Waals surface area contributed by atoms with E-state index in [9.17, 15) is 17.6 Å². The fraction of sp³-hybridized carbons (Fsp3) is 0.518. The number of H-pyrrole nitrogens is 1. The van der Waals surface area contributed by atoms with Gasteiger partial charge in [0.05, 0.1) is 47.2 Å². The average Bonchev–Trinajstić information content (AvgIpc) is 4.09. The Morgan fingerprint density at radius 2 is 1.68 bits per heavy atom. The maximum atomic E-state index is 14.3. The van der Waals surface area contributed by atoms with Gasteiger partial charge in [0, 0.05) is 118 Å². The van der Waals surface area contributed by atoms with Crippen LogP contribution in [0.2, 0.25) is 0 Å². The molecule has 3 N–H and O–H groups in total. The third-order valence-electron chi connectivity index (χ3n) is 15.4. The number of carbonyl (C=O) groups is 1. The Morgan fingerprint density at radius 1 is 0.910 bits per heavy atom. The quantitative estimate of drug-likeness (QED) is 0.103. The van der Waals surface area contributed by atoms with Gasteiger partial charge in [0.2, 0.25) is 11.9 Å². The molecule has 4 aromatic heterocycles. The van der Waals surface area contributed by atoms with Crippen LogP contribution < -0.4 is 29.9 Å². The predicted molar refractivity (Wildman–Crippen MR) is 297 cm³/mol. The first kappa shape index (κ1) is 54.9. The first-order chi connectivity index (χ1) is 37.3. The number of nitrogens with one attached hydrogen (secondary N) is 3. The number of nitrogens with zero attached hydrogens (tertiary/aromatic N) is 11. The molecule has 1 amide bonds. The molecule has 0 bridgehead atoms. The molecule has 416 valence electrons. The van der Waals surface area contributed by atoms with Crippen molar-refractivity contribution in [3.8, 4) is 11.5 Å². The maximum Gasteiger partial charge on any atom is 0.241 e. The van der Waals surface area contributed by atoms with Crippen LogP contribution in [0.5, 0.6) is 11.5 Å². The molecule has 0 radical (unpaired) electrons. The number of benzene rings is 2. The van der Waals surface area contributed by atoms with Crippen molar-refractivity contribution in [3.05, 3.63) is 101 Å². The van der Waals surface area contributed by atoms with Crippen molar-refractivity contribution in [2.45, 2.75) is 95.1 Å². The Hall–Kier alpha value is -6.43. The molecule has 20 nitrogen and oxygen atoms in total. The minimum absolute atomic E-state index is 0.0643. The van der Waals surface area contributed by atoms with Crippen LogP contribution in [0, 0.1) is 19.7 Å². The van der Waals surface area contributed by atoms with E-state index in [1.165, 1.54) is 18.5 Å². The molecule has 78 heavy (non-hydrogen) atoms. The number of sulfone groups is 1. The van der Waals surface area contributed by atoms with E-state index in [4.69, 9.17) is 19.2 Å². The Balaban J connectivity index is 0.692. The van der Waals surface area contributed by atoms with Gasteiger partial charge < -0.3 is 34.6 Å². The number of ether oxygens (including phenoxy) is 3. The minimum atomic E-state index is -3.83. The Kier molecular flexibility index (Phi) is 16.0. The topological polar surface area (TPSA) is 212 Å². The number of halogens is 1. The molecule has 2 aromatic carbocycles. The Labute approximate surface area is 456 Å². The molecule has 3 atom stereocenters. The lowest BCUT2D eigenvalue weighted by Gasteiger charge is -2.43. The van der Waals surface area contributed by atoms with Crippen LogP contribution in [0.25, 0.3) is 10.9 Å². The fourth-order valence-corrected chi connectivity index (χ4v) is 12.0. The van der Waals surface area contributed by atoms with E-state index in [0.29, 0.717) is 93.1 Å². The number of aromatic nitrogens is 7. The first-order valence-electron chi connectivity index (χ1n) is 27.0. The molecular formula is C56H73FN14O6S. The summed E-state index contributed by atoms with van der Waals surface area (Å²) in [5.41, 5.74) is 5.86. The number of pyridine rings is 1. The highest BCUT2D eigenvalue weighted by Crippen LogP contribution is 2.41. The molecular weight excluding hydrogens is 1020 g/mol. The number of carbonyl (C=O) groups excluding carboxylic acids is 1. The van der Waals surface area contributed by atoms with Crippen LogP contribution in [0.3, 0.4) is 0 Å². The third-order valence-corrected chi connectivity index (χ3v) is 18.0. The van der Waals surface area contributed by atoms with Gasteiger partial charge in [0.15, 0.2) is 21.4 Å². The number of aromatic amines is 1. The summed E-state index contributed by atoms with van der Waals surface area (Å²) in [5, 5.41) is 14.7. The molecule has 6 aromatic rings. The van der Waals surface area contributed by atoms with Crippen molar-refractivity contribution in [1.82, 2.24) is 55.1 Å². The highest BCUT2D eigenvalue weighted by atomic mass is 32.2. The normalized spacial score (nSPS) is 20.5. The van der Waals surface area contributed by atoms with Crippen LogP contribution in [-0.4, -0.2) is 185 Å². The third kappa shape index (κ3) is 12.2. The SMILES string of the molecule is Cc1[nH]nc(Nc2ncnc3cc(OCCN4CCN(c5ncc(OC[C@H]6CN(C[C@H]7CN[C@H](C)CN7CC(=O)N7CC(C)(C)c8ncc(Cc9ccc(F)cc9)cc87)CCO6)cn5)CC4)c(S(=O)(=O)C(C)(C)C)cc23)c1C. The first-order valence-corrected chi connectivity index (χ1v) is 28.5. The van der Waals surface area contributed by atoms with Gasteiger partial charge in [-0.1, -0.05) is 26.0 Å². The molecule has 4 aliphatic heterocycles. The lowest BCUT2D eigenvalue weighted by Crippen LogP contribution is -2.61. The summed E-state index contributed by atoms with van der Waals surface area (Å²) in [6, 6.07) is 12.3. The van der Waals surface area contributed by atoms with Gasteiger partial charge in [0.1, 0.15) is 47.9 Å². The minimum Gasteiger partial charge on any atom is -0.491 e. The van der Waals surface area contributed by atoms with E-state index in [-0.39, 0.29) is 52.6 Å². The molecule has 10 rings (SSSR count). The summed E-state index contributed by atoms with van der Waals surface area (Å²) in [6.07, 6.45) is 7.20. The molecule has 0 spiro atoms. The average molecular weight is 1090 g/mol. The molecule has 0 aliphatic carbocycles. The van der Waals surface area contributed by atoms with Gasteiger partial charge in [-0.25, -0.2) is 32.7 Å². The van der Waals surface area contributed by atoms with Crippen LogP contribution in [-0.2, 0) is 31.2 Å². The summed E-state index contributed by atoms with van der Waals surface area (Å²) in [4.78, 5) is 48.6. The van der Waals surface area contributed by atoms with Gasteiger partial charge in [-0.2, -0.15) is 5.10 Å².